The second kappa shape index (κ2) is 5.36. The molecule has 1 aromatic carbocycles. The molecule has 3 nitrogen and oxygen atoms in total. The number of thiazole rings is 1. The van der Waals surface area contributed by atoms with E-state index in [2.05, 4.69) is 30.2 Å². The molecule has 0 aliphatic rings. The van der Waals surface area contributed by atoms with Crippen LogP contribution in [0.5, 0.6) is 0 Å². The molecular formula is C13H19N3S. The minimum atomic E-state index is 0.759. The first kappa shape index (κ1) is 12.2. The first-order valence-electron chi connectivity index (χ1n) is 6.04. The van der Waals surface area contributed by atoms with Gasteiger partial charge >= 0.3 is 0 Å². The molecule has 0 aliphatic heterocycles. The molecule has 2 aromatic rings. The average Bonchev–Trinajstić information content (AvgIpc) is 2.75. The summed E-state index contributed by atoms with van der Waals surface area (Å²) >= 11 is 1.62. The lowest BCUT2D eigenvalue weighted by atomic mass is 10.1. The standard InChI is InChI=1S/C13H19N3S/c1-9(2)4-3-7-15-10-5-6-11-13(12(10)14)16-8-17-11/h5-6,8-9,15H,3-4,7,14H2,1-2H3. The summed E-state index contributed by atoms with van der Waals surface area (Å²) in [5.41, 5.74) is 10.6. The Hall–Kier alpha value is -1.29. The summed E-state index contributed by atoms with van der Waals surface area (Å²) in [6, 6.07) is 4.12. The maximum Gasteiger partial charge on any atom is 0.106 e. The summed E-state index contributed by atoms with van der Waals surface area (Å²) < 4.78 is 1.15. The predicted octanol–water partition coefficient (Wildman–Crippen LogP) is 3.73. The molecule has 0 fully saturated rings. The van der Waals surface area contributed by atoms with Crippen molar-refractivity contribution in [2.45, 2.75) is 26.7 Å². The summed E-state index contributed by atoms with van der Waals surface area (Å²) in [5, 5.41) is 3.39. The van der Waals surface area contributed by atoms with Gasteiger partial charge in [0, 0.05) is 6.54 Å². The fourth-order valence-electron chi connectivity index (χ4n) is 1.84. The Morgan fingerprint density at radius 2 is 2.24 bits per heavy atom. The molecule has 4 heteroatoms. The van der Waals surface area contributed by atoms with Gasteiger partial charge < -0.3 is 11.1 Å². The van der Waals surface area contributed by atoms with Gasteiger partial charge in [-0.05, 0) is 30.9 Å². The Labute approximate surface area is 106 Å². The summed E-state index contributed by atoms with van der Waals surface area (Å²) in [5.74, 6) is 0.759. The Morgan fingerprint density at radius 1 is 1.41 bits per heavy atom. The van der Waals surface area contributed by atoms with Crippen LogP contribution in [0.15, 0.2) is 17.6 Å². The number of hydrogen-bond acceptors (Lipinski definition) is 4. The Kier molecular flexibility index (Phi) is 3.84. The topological polar surface area (TPSA) is 50.9 Å². The van der Waals surface area contributed by atoms with Crippen molar-refractivity contribution < 1.29 is 0 Å². The third-order valence-electron chi connectivity index (χ3n) is 2.82. The summed E-state index contributed by atoms with van der Waals surface area (Å²) in [4.78, 5) is 4.29. The van der Waals surface area contributed by atoms with E-state index in [1.807, 2.05) is 11.6 Å². The van der Waals surface area contributed by atoms with Gasteiger partial charge in [-0.15, -0.1) is 11.3 Å². The van der Waals surface area contributed by atoms with Crippen LogP contribution >= 0.6 is 11.3 Å². The highest BCUT2D eigenvalue weighted by molar-refractivity contribution is 7.16. The van der Waals surface area contributed by atoms with E-state index in [-0.39, 0.29) is 0 Å². The number of anilines is 2. The van der Waals surface area contributed by atoms with Crippen molar-refractivity contribution in [1.29, 1.82) is 0 Å². The number of nitrogens with zero attached hydrogens (tertiary/aromatic N) is 1. The van der Waals surface area contributed by atoms with Crippen molar-refractivity contribution >= 4 is 32.9 Å². The summed E-state index contributed by atoms with van der Waals surface area (Å²) in [6.45, 7) is 5.46. The van der Waals surface area contributed by atoms with Gasteiger partial charge in [-0.3, -0.25) is 0 Å². The maximum atomic E-state index is 6.09. The van der Waals surface area contributed by atoms with Gasteiger partial charge in [-0.25, -0.2) is 4.98 Å². The van der Waals surface area contributed by atoms with Crippen LogP contribution in [0.4, 0.5) is 11.4 Å². The lowest BCUT2D eigenvalue weighted by molar-refractivity contribution is 0.567. The first-order valence-corrected chi connectivity index (χ1v) is 6.92. The zero-order chi connectivity index (χ0) is 12.3. The third kappa shape index (κ3) is 2.88. The molecule has 0 amide bonds. The Morgan fingerprint density at radius 3 is 3.00 bits per heavy atom. The molecule has 0 atom stereocenters. The van der Waals surface area contributed by atoms with E-state index in [1.54, 1.807) is 11.3 Å². The van der Waals surface area contributed by atoms with Crippen molar-refractivity contribution in [3.05, 3.63) is 17.6 Å². The summed E-state index contributed by atoms with van der Waals surface area (Å²) in [6.07, 6.45) is 2.41. The van der Waals surface area contributed by atoms with Crippen LogP contribution in [0, 0.1) is 5.92 Å². The molecule has 17 heavy (non-hydrogen) atoms. The molecule has 1 heterocycles. The molecule has 0 aliphatic carbocycles. The SMILES string of the molecule is CC(C)CCCNc1ccc2scnc2c1N. The van der Waals surface area contributed by atoms with Crippen LogP contribution in [0.3, 0.4) is 0 Å². The van der Waals surface area contributed by atoms with Crippen molar-refractivity contribution in [3.8, 4) is 0 Å². The molecule has 3 N–H and O–H groups in total. The fourth-order valence-corrected chi connectivity index (χ4v) is 2.53. The van der Waals surface area contributed by atoms with Gasteiger partial charge in [0.1, 0.15) is 5.52 Å². The molecule has 0 saturated carbocycles. The minimum absolute atomic E-state index is 0.759. The number of rotatable bonds is 5. The minimum Gasteiger partial charge on any atom is -0.395 e. The quantitative estimate of drug-likeness (QED) is 0.627. The zero-order valence-corrected chi connectivity index (χ0v) is 11.2. The van der Waals surface area contributed by atoms with Gasteiger partial charge in [0.15, 0.2) is 0 Å². The van der Waals surface area contributed by atoms with Gasteiger partial charge in [0.25, 0.3) is 0 Å². The number of nitrogens with two attached hydrogens (primary N) is 1. The first-order chi connectivity index (χ1) is 8.18. The van der Waals surface area contributed by atoms with Crippen molar-refractivity contribution in [2.75, 3.05) is 17.6 Å². The molecule has 0 saturated heterocycles. The van der Waals surface area contributed by atoms with Gasteiger partial charge in [0.05, 0.1) is 21.6 Å². The van der Waals surface area contributed by atoms with Crippen LogP contribution < -0.4 is 11.1 Å². The number of hydrogen-bond donors (Lipinski definition) is 2. The second-order valence-corrected chi connectivity index (χ2v) is 5.58. The molecule has 0 unspecified atom stereocenters. The van der Waals surface area contributed by atoms with Gasteiger partial charge in [0.2, 0.25) is 0 Å². The summed E-state index contributed by atoms with van der Waals surface area (Å²) in [7, 11) is 0. The largest absolute Gasteiger partial charge is 0.395 e. The van der Waals surface area contributed by atoms with Crippen LogP contribution in [0.1, 0.15) is 26.7 Å². The maximum absolute atomic E-state index is 6.09. The smallest absolute Gasteiger partial charge is 0.106 e. The highest BCUT2D eigenvalue weighted by Gasteiger charge is 2.06. The second-order valence-electron chi connectivity index (χ2n) is 4.69. The molecule has 0 radical (unpaired) electrons. The molecule has 2 rings (SSSR count). The monoisotopic (exact) mass is 249 g/mol. The van der Waals surface area contributed by atoms with E-state index in [0.29, 0.717) is 0 Å². The van der Waals surface area contributed by atoms with Crippen molar-refractivity contribution in [1.82, 2.24) is 4.98 Å². The average molecular weight is 249 g/mol. The molecule has 92 valence electrons. The molecular weight excluding hydrogens is 230 g/mol. The van der Waals surface area contributed by atoms with Crippen LogP contribution in [0.2, 0.25) is 0 Å². The van der Waals surface area contributed by atoms with Crippen molar-refractivity contribution in [3.63, 3.8) is 0 Å². The van der Waals surface area contributed by atoms with Gasteiger partial charge in [-0.1, -0.05) is 13.8 Å². The third-order valence-corrected chi connectivity index (χ3v) is 3.61. The van der Waals surface area contributed by atoms with Crippen LogP contribution in [-0.4, -0.2) is 11.5 Å². The lowest BCUT2D eigenvalue weighted by Gasteiger charge is -2.10. The van der Waals surface area contributed by atoms with E-state index in [0.717, 1.165) is 34.1 Å². The van der Waals surface area contributed by atoms with E-state index in [9.17, 15) is 0 Å². The van der Waals surface area contributed by atoms with E-state index in [1.165, 1.54) is 12.8 Å². The molecule has 0 spiro atoms. The zero-order valence-electron chi connectivity index (χ0n) is 10.4. The fraction of sp³-hybridized carbons (Fsp3) is 0.462. The Bertz CT molecular complexity index is 490. The van der Waals surface area contributed by atoms with Crippen molar-refractivity contribution in [2.24, 2.45) is 5.92 Å². The Balaban J connectivity index is 2.01. The van der Waals surface area contributed by atoms with E-state index < -0.39 is 0 Å². The number of aromatic nitrogens is 1. The highest BCUT2D eigenvalue weighted by Crippen LogP contribution is 2.29. The number of fused-ring (bicyclic) bond motifs is 1. The highest BCUT2D eigenvalue weighted by atomic mass is 32.1. The van der Waals surface area contributed by atoms with Gasteiger partial charge in [-0.2, -0.15) is 0 Å². The van der Waals surface area contributed by atoms with E-state index >= 15 is 0 Å². The molecule has 0 bridgehead atoms. The van der Waals surface area contributed by atoms with Crippen LogP contribution in [-0.2, 0) is 0 Å². The molecule has 1 aromatic heterocycles. The number of nitrogen functional groups attached to an aromatic ring is 1. The lowest BCUT2D eigenvalue weighted by Crippen LogP contribution is -2.05. The predicted molar refractivity (Wildman–Crippen MR) is 76.6 cm³/mol. The number of nitrogens with one attached hydrogen (secondary N) is 1. The number of benzene rings is 1. The van der Waals surface area contributed by atoms with E-state index in [4.69, 9.17) is 5.73 Å². The van der Waals surface area contributed by atoms with Crippen LogP contribution in [0.25, 0.3) is 10.2 Å². The normalized spacial score (nSPS) is 11.2.